The molecule has 0 bridgehead atoms. The van der Waals surface area contributed by atoms with E-state index in [0.29, 0.717) is 16.9 Å². The molecule has 1 amide bonds. The lowest BCUT2D eigenvalue weighted by Gasteiger charge is -2.15. The number of carbonyl (C=O) groups is 1. The van der Waals surface area contributed by atoms with Crippen LogP contribution in [0.5, 0.6) is 0 Å². The summed E-state index contributed by atoms with van der Waals surface area (Å²) in [4.78, 5) is 25.7. The van der Waals surface area contributed by atoms with Crippen molar-refractivity contribution in [2.45, 2.75) is 51.0 Å². The molecule has 0 saturated heterocycles. The summed E-state index contributed by atoms with van der Waals surface area (Å²) >= 11 is 3.41. The number of hydrogen-bond acceptors (Lipinski definition) is 4. The molecule has 32 heavy (non-hydrogen) atoms. The van der Waals surface area contributed by atoms with Crippen LogP contribution in [-0.4, -0.2) is 18.9 Å². The Balaban J connectivity index is 2.01. The van der Waals surface area contributed by atoms with E-state index < -0.39 is 21.3 Å². The van der Waals surface area contributed by atoms with Crippen molar-refractivity contribution in [1.82, 2.24) is 4.57 Å². The van der Waals surface area contributed by atoms with Crippen LogP contribution in [0.3, 0.4) is 0 Å². The Bertz CT molecular complexity index is 1390. The van der Waals surface area contributed by atoms with Crippen molar-refractivity contribution in [3.05, 3.63) is 85.2 Å². The fraction of sp³-hybridized carbons (Fsp3) is 0.250. The van der Waals surface area contributed by atoms with Gasteiger partial charge in [-0.15, -0.1) is 0 Å². The van der Waals surface area contributed by atoms with Gasteiger partial charge in [0.05, 0.1) is 4.90 Å². The van der Waals surface area contributed by atoms with Gasteiger partial charge in [-0.05, 0) is 93.3 Å². The molecule has 0 aliphatic rings. The van der Waals surface area contributed by atoms with Gasteiger partial charge in [0, 0.05) is 15.9 Å². The molecule has 0 aliphatic carbocycles. The van der Waals surface area contributed by atoms with Gasteiger partial charge in [0.15, 0.2) is 0 Å². The van der Waals surface area contributed by atoms with E-state index in [4.69, 9.17) is 0 Å². The van der Waals surface area contributed by atoms with Crippen molar-refractivity contribution in [3.63, 3.8) is 0 Å². The molecular weight excluding hydrogens is 492 g/mol. The first-order valence-electron chi connectivity index (χ1n) is 10.0. The first-order chi connectivity index (χ1) is 14.9. The number of nitrogens with zero attached hydrogens (tertiary/aromatic N) is 1. The summed E-state index contributed by atoms with van der Waals surface area (Å²) in [6.45, 7) is 8.59. The molecule has 3 rings (SSSR count). The third-order valence-corrected chi connectivity index (χ3v) is 8.25. The molecule has 0 saturated carbocycles. The monoisotopic (exact) mass is 516 g/mol. The van der Waals surface area contributed by atoms with E-state index in [2.05, 4.69) is 21.2 Å². The van der Waals surface area contributed by atoms with E-state index in [0.717, 1.165) is 21.2 Å². The number of nitrogens with one attached hydrogen (secondary N) is 1. The quantitative estimate of drug-likeness (QED) is 0.535. The molecular formula is C24H25BrN2O4S. The van der Waals surface area contributed by atoms with Crippen LogP contribution >= 0.6 is 15.9 Å². The molecule has 1 N–H and O–H groups in total. The Morgan fingerprint density at radius 3 is 2.22 bits per heavy atom. The summed E-state index contributed by atoms with van der Waals surface area (Å²) in [5.74, 6) is -0.421. The summed E-state index contributed by atoms with van der Waals surface area (Å²) in [6.07, 6.45) is 0. The van der Waals surface area contributed by atoms with Crippen molar-refractivity contribution in [3.8, 4) is 0 Å². The minimum Gasteiger partial charge on any atom is -0.325 e. The molecule has 3 aromatic rings. The van der Waals surface area contributed by atoms with Gasteiger partial charge in [0.2, 0.25) is 15.7 Å². The Morgan fingerprint density at radius 1 is 0.906 bits per heavy atom. The molecule has 0 aliphatic heterocycles. The highest BCUT2D eigenvalue weighted by atomic mass is 79.9. The number of aryl methyl sites for hydroxylation is 5. The number of anilines is 1. The van der Waals surface area contributed by atoms with Crippen LogP contribution < -0.4 is 10.9 Å². The second kappa shape index (κ2) is 9.03. The molecule has 0 radical (unpaired) electrons. The first kappa shape index (κ1) is 23.9. The van der Waals surface area contributed by atoms with E-state index >= 15 is 0 Å². The zero-order chi connectivity index (χ0) is 23.8. The lowest BCUT2D eigenvalue weighted by atomic mass is 10.1. The molecule has 0 unspecified atom stereocenters. The first-order valence-corrected chi connectivity index (χ1v) is 12.3. The maximum absolute atomic E-state index is 13.3. The van der Waals surface area contributed by atoms with Crippen LogP contribution in [0.2, 0.25) is 0 Å². The number of amides is 1. The van der Waals surface area contributed by atoms with Crippen LogP contribution in [-0.2, 0) is 21.2 Å². The van der Waals surface area contributed by atoms with Crippen LogP contribution in [0, 0.1) is 34.6 Å². The van der Waals surface area contributed by atoms with Crippen LogP contribution in [0.4, 0.5) is 5.69 Å². The highest BCUT2D eigenvalue weighted by molar-refractivity contribution is 9.10. The van der Waals surface area contributed by atoms with Crippen LogP contribution in [0.25, 0.3) is 0 Å². The van der Waals surface area contributed by atoms with Crippen LogP contribution in [0.15, 0.2) is 61.5 Å². The molecule has 0 fully saturated rings. The van der Waals surface area contributed by atoms with E-state index in [1.54, 1.807) is 38.1 Å². The molecule has 1 heterocycles. The van der Waals surface area contributed by atoms with Gasteiger partial charge in [-0.1, -0.05) is 22.0 Å². The molecule has 1 aromatic heterocycles. The number of hydrogen-bond donors (Lipinski definition) is 1. The molecule has 8 heteroatoms. The van der Waals surface area contributed by atoms with E-state index in [1.807, 2.05) is 32.9 Å². The van der Waals surface area contributed by atoms with Crippen molar-refractivity contribution >= 4 is 37.4 Å². The van der Waals surface area contributed by atoms with E-state index in [-0.39, 0.29) is 16.3 Å². The number of pyridine rings is 1. The number of halogens is 1. The Morgan fingerprint density at radius 2 is 1.59 bits per heavy atom. The minimum atomic E-state index is -4.05. The summed E-state index contributed by atoms with van der Waals surface area (Å²) in [6, 6.07) is 11.8. The van der Waals surface area contributed by atoms with Gasteiger partial charge in [0.1, 0.15) is 11.4 Å². The number of aromatic nitrogens is 1. The lowest BCUT2D eigenvalue weighted by Crippen LogP contribution is -2.33. The third-order valence-electron chi connectivity index (χ3n) is 5.45. The van der Waals surface area contributed by atoms with Crippen molar-refractivity contribution in [1.29, 1.82) is 0 Å². The maximum Gasteiger partial charge on any atom is 0.270 e. The standard InChI is InChI=1S/C24H25BrN2O4S/c1-14-6-8-20(12-15(14)2)32(30,31)23-17(4)10-18(5)27(24(23)29)13-22(28)26-19-7-9-21(25)16(3)11-19/h6-12H,13H2,1-5H3,(H,26,28). The van der Waals surface area contributed by atoms with Crippen molar-refractivity contribution < 1.29 is 13.2 Å². The predicted molar refractivity (Wildman–Crippen MR) is 129 cm³/mol. The van der Waals surface area contributed by atoms with Gasteiger partial charge < -0.3 is 9.88 Å². The van der Waals surface area contributed by atoms with Crippen molar-refractivity contribution in [2.24, 2.45) is 0 Å². The second-order valence-corrected chi connectivity index (χ2v) is 10.7. The van der Waals surface area contributed by atoms with E-state index in [9.17, 15) is 18.0 Å². The van der Waals surface area contributed by atoms with Crippen LogP contribution in [0.1, 0.15) is 27.9 Å². The fourth-order valence-corrected chi connectivity index (χ4v) is 5.38. The number of carbonyl (C=O) groups excluding carboxylic acids is 1. The molecule has 0 atom stereocenters. The number of benzene rings is 2. The highest BCUT2D eigenvalue weighted by Crippen LogP contribution is 2.24. The largest absolute Gasteiger partial charge is 0.325 e. The molecule has 168 valence electrons. The number of sulfone groups is 1. The maximum atomic E-state index is 13.3. The highest BCUT2D eigenvalue weighted by Gasteiger charge is 2.26. The van der Waals surface area contributed by atoms with Crippen molar-refractivity contribution in [2.75, 3.05) is 5.32 Å². The average molecular weight is 517 g/mol. The molecule has 6 nitrogen and oxygen atoms in total. The lowest BCUT2D eigenvalue weighted by molar-refractivity contribution is -0.116. The summed E-state index contributed by atoms with van der Waals surface area (Å²) < 4.78 is 28.8. The Hall–Kier alpha value is -2.71. The third kappa shape index (κ3) is 4.71. The summed E-state index contributed by atoms with van der Waals surface area (Å²) in [7, 11) is -4.05. The van der Waals surface area contributed by atoms with E-state index in [1.165, 1.54) is 10.6 Å². The van der Waals surface area contributed by atoms with Gasteiger partial charge >= 0.3 is 0 Å². The zero-order valence-electron chi connectivity index (χ0n) is 18.6. The average Bonchev–Trinajstić information content (AvgIpc) is 2.69. The zero-order valence-corrected chi connectivity index (χ0v) is 21.0. The minimum absolute atomic E-state index is 0.0611. The van der Waals surface area contributed by atoms with Gasteiger partial charge in [-0.25, -0.2) is 8.42 Å². The Kier molecular flexibility index (Phi) is 6.76. The smallest absolute Gasteiger partial charge is 0.270 e. The summed E-state index contributed by atoms with van der Waals surface area (Å²) in [5.41, 5.74) is 3.48. The molecule has 0 spiro atoms. The number of rotatable bonds is 5. The predicted octanol–water partition coefficient (Wildman–Crippen LogP) is 4.62. The van der Waals surface area contributed by atoms with Gasteiger partial charge in [-0.2, -0.15) is 0 Å². The summed E-state index contributed by atoms with van der Waals surface area (Å²) in [5, 5.41) is 2.76. The SMILES string of the molecule is Cc1ccc(S(=O)(=O)c2c(C)cc(C)n(CC(=O)Nc3ccc(Br)c(C)c3)c2=O)cc1C. The van der Waals surface area contributed by atoms with Gasteiger partial charge in [0.25, 0.3) is 5.56 Å². The Labute approximate surface area is 196 Å². The van der Waals surface area contributed by atoms with Gasteiger partial charge in [-0.3, -0.25) is 9.59 Å². The fourth-order valence-electron chi connectivity index (χ4n) is 3.50. The second-order valence-electron chi connectivity index (χ2n) is 7.95. The molecule has 2 aromatic carbocycles. The normalized spacial score (nSPS) is 11.4. The topological polar surface area (TPSA) is 85.2 Å².